The van der Waals surface area contributed by atoms with Crippen LogP contribution in [0.5, 0.6) is 0 Å². The van der Waals surface area contributed by atoms with Gasteiger partial charge in [0.25, 0.3) is 0 Å². The summed E-state index contributed by atoms with van der Waals surface area (Å²) in [6, 6.07) is 0. The lowest BCUT2D eigenvalue weighted by Crippen LogP contribution is -2.26. The van der Waals surface area contributed by atoms with Crippen molar-refractivity contribution in [3.8, 4) is 0 Å². The molecule has 1 atom stereocenters. The molecule has 5 heteroatoms. The quantitative estimate of drug-likeness (QED) is 0.851. The smallest absolute Gasteiger partial charge is 0.138 e. The number of β-amino-alcohol motifs (C(OH)–C–C–N with tert-alkyl or cyclic N) is 1. The Kier molecular flexibility index (Phi) is 3.67. The van der Waals surface area contributed by atoms with Crippen molar-refractivity contribution < 1.29 is 5.11 Å². The van der Waals surface area contributed by atoms with Crippen LogP contribution in [0.1, 0.15) is 38.6 Å². The average Bonchev–Trinajstić information content (AvgIpc) is 2.74. The van der Waals surface area contributed by atoms with Gasteiger partial charge in [-0.25, -0.2) is 9.97 Å². The summed E-state index contributed by atoms with van der Waals surface area (Å²) in [7, 11) is 1.88. The Morgan fingerprint density at radius 1 is 1.32 bits per heavy atom. The first kappa shape index (κ1) is 14.1. The Bertz CT molecular complexity index is 467. The van der Waals surface area contributed by atoms with E-state index < -0.39 is 0 Å². The minimum atomic E-state index is -0.245. The van der Waals surface area contributed by atoms with Gasteiger partial charge in [-0.05, 0) is 13.3 Å². The Morgan fingerprint density at radius 2 is 2.00 bits per heavy atom. The maximum Gasteiger partial charge on any atom is 0.138 e. The van der Waals surface area contributed by atoms with Crippen molar-refractivity contribution in [3.05, 3.63) is 11.4 Å². The summed E-state index contributed by atoms with van der Waals surface area (Å²) >= 11 is 0. The van der Waals surface area contributed by atoms with Crippen molar-refractivity contribution in [2.75, 3.05) is 30.4 Å². The molecular weight excluding hydrogens is 240 g/mol. The maximum atomic E-state index is 9.71. The molecule has 1 unspecified atom stereocenters. The van der Waals surface area contributed by atoms with Gasteiger partial charge in [-0.2, -0.15) is 0 Å². The molecule has 0 spiro atoms. The zero-order valence-electron chi connectivity index (χ0n) is 12.5. The van der Waals surface area contributed by atoms with Gasteiger partial charge in [-0.1, -0.05) is 20.8 Å². The van der Waals surface area contributed by atoms with E-state index in [9.17, 15) is 5.11 Å². The van der Waals surface area contributed by atoms with E-state index in [0.717, 1.165) is 36.0 Å². The van der Waals surface area contributed by atoms with Crippen LogP contribution in [-0.4, -0.2) is 41.3 Å². The van der Waals surface area contributed by atoms with Crippen LogP contribution in [0.3, 0.4) is 0 Å². The van der Waals surface area contributed by atoms with E-state index in [1.807, 2.05) is 14.0 Å². The number of aliphatic hydroxyl groups excluding tert-OH is 1. The summed E-state index contributed by atoms with van der Waals surface area (Å²) in [5.74, 6) is 2.65. The molecule has 1 aliphatic rings. The lowest BCUT2D eigenvalue weighted by atomic mass is 9.95. The highest BCUT2D eigenvalue weighted by Gasteiger charge is 2.27. The monoisotopic (exact) mass is 264 g/mol. The molecule has 5 nitrogen and oxygen atoms in total. The molecule has 2 N–H and O–H groups in total. The van der Waals surface area contributed by atoms with Crippen molar-refractivity contribution in [3.63, 3.8) is 0 Å². The molecule has 106 valence electrons. The molecule has 1 saturated heterocycles. The molecule has 0 saturated carbocycles. The molecule has 1 fully saturated rings. The van der Waals surface area contributed by atoms with Crippen molar-refractivity contribution >= 4 is 11.6 Å². The molecule has 1 aromatic rings. The molecule has 0 aromatic carbocycles. The molecule has 0 bridgehead atoms. The van der Waals surface area contributed by atoms with Crippen LogP contribution in [-0.2, 0) is 5.41 Å². The maximum absolute atomic E-state index is 9.71. The number of nitrogens with one attached hydrogen (secondary N) is 1. The van der Waals surface area contributed by atoms with E-state index in [0.29, 0.717) is 6.54 Å². The van der Waals surface area contributed by atoms with Gasteiger partial charge in [0.2, 0.25) is 0 Å². The summed E-state index contributed by atoms with van der Waals surface area (Å²) in [5.41, 5.74) is 0.955. The standard InChI is InChI=1S/C14H24N4O/c1-9-11(15-5)16-13(14(2,3)4)17-12(9)18-7-6-10(19)8-18/h10,19H,6-8H2,1-5H3,(H,15,16,17). The summed E-state index contributed by atoms with van der Waals surface area (Å²) in [4.78, 5) is 11.5. The van der Waals surface area contributed by atoms with Crippen LogP contribution in [0.25, 0.3) is 0 Å². The number of hydrogen-bond acceptors (Lipinski definition) is 5. The van der Waals surface area contributed by atoms with E-state index in [1.165, 1.54) is 0 Å². The number of aromatic nitrogens is 2. The molecule has 0 radical (unpaired) electrons. The van der Waals surface area contributed by atoms with Gasteiger partial charge in [0.15, 0.2) is 0 Å². The fourth-order valence-electron chi connectivity index (χ4n) is 2.33. The van der Waals surface area contributed by atoms with Gasteiger partial charge in [0, 0.05) is 31.1 Å². The molecule has 2 heterocycles. The first-order valence-corrected chi connectivity index (χ1v) is 6.83. The van der Waals surface area contributed by atoms with E-state index in [-0.39, 0.29) is 11.5 Å². The topological polar surface area (TPSA) is 61.3 Å². The van der Waals surface area contributed by atoms with Crippen LogP contribution in [0.2, 0.25) is 0 Å². The lowest BCUT2D eigenvalue weighted by Gasteiger charge is -2.25. The van der Waals surface area contributed by atoms with E-state index in [1.54, 1.807) is 0 Å². The van der Waals surface area contributed by atoms with Gasteiger partial charge in [0.05, 0.1) is 6.10 Å². The largest absolute Gasteiger partial charge is 0.391 e. The minimum absolute atomic E-state index is 0.0909. The summed E-state index contributed by atoms with van der Waals surface area (Å²) in [6.07, 6.45) is 0.564. The van der Waals surface area contributed by atoms with Crippen molar-refractivity contribution in [1.29, 1.82) is 0 Å². The zero-order valence-corrected chi connectivity index (χ0v) is 12.5. The summed E-state index contributed by atoms with van der Waals surface area (Å²) in [6.45, 7) is 9.87. The van der Waals surface area contributed by atoms with Crippen molar-refractivity contribution in [2.45, 2.75) is 45.6 Å². The van der Waals surface area contributed by atoms with Crippen molar-refractivity contribution in [2.24, 2.45) is 0 Å². The van der Waals surface area contributed by atoms with Gasteiger partial charge in [-0.15, -0.1) is 0 Å². The van der Waals surface area contributed by atoms with E-state index >= 15 is 0 Å². The third-order valence-corrected chi connectivity index (χ3v) is 3.49. The van der Waals surface area contributed by atoms with Crippen LogP contribution >= 0.6 is 0 Å². The van der Waals surface area contributed by atoms with Gasteiger partial charge < -0.3 is 15.3 Å². The third kappa shape index (κ3) is 2.81. The Labute approximate surface area is 115 Å². The van der Waals surface area contributed by atoms with E-state index in [4.69, 9.17) is 4.98 Å². The first-order valence-electron chi connectivity index (χ1n) is 6.83. The molecule has 19 heavy (non-hydrogen) atoms. The third-order valence-electron chi connectivity index (χ3n) is 3.49. The molecular formula is C14H24N4O. The highest BCUT2D eigenvalue weighted by atomic mass is 16.3. The predicted octanol–water partition coefficient (Wildman–Crippen LogP) is 1.70. The van der Waals surface area contributed by atoms with Crippen LogP contribution < -0.4 is 10.2 Å². The van der Waals surface area contributed by atoms with Crippen LogP contribution in [0.4, 0.5) is 11.6 Å². The number of aliphatic hydroxyl groups is 1. The fraction of sp³-hybridized carbons (Fsp3) is 0.714. The molecule has 2 rings (SSSR count). The lowest BCUT2D eigenvalue weighted by molar-refractivity contribution is 0.198. The highest BCUT2D eigenvalue weighted by Crippen LogP contribution is 2.30. The SMILES string of the molecule is CNc1nc(C(C)(C)C)nc(N2CCC(O)C2)c1C. The predicted molar refractivity (Wildman–Crippen MR) is 77.9 cm³/mol. The molecule has 1 aliphatic heterocycles. The number of rotatable bonds is 2. The zero-order chi connectivity index (χ0) is 14.2. The van der Waals surface area contributed by atoms with Crippen LogP contribution in [0, 0.1) is 6.92 Å². The van der Waals surface area contributed by atoms with Crippen molar-refractivity contribution in [1.82, 2.24) is 9.97 Å². The van der Waals surface area contributed by atoms with Gasteiger partial charge in [0.1, 0.15) is 17.5 Å². The normalized spacial score (nSPS) is 19.9. The molecule has 0 aliphatic carbocycles. The fourth-order valence-corrected chi connectivity index (χ4v) is 2.33. The summed E-state index contributed by atoms with van der Waals surface area (Å²) in [5, 5.41) is 12.8. The number of nitrogens with zero attached hydrogens (tertiary/aromatic N) is 3. The first-order chi connectivity index (χ1) is 8.82. The van der Waals surface area contributed by atoms with Crippen LogP contribution in [0.15, 0.2) is 0 Å². The summed E-state index contributed by atoms with van der Waals surface area (Å²) < 4.78 is 0. The van der Waals surface area contributed by atoms with Gasteiger partial charge >= 0.3 is 0 Å². The second kappa shape index (κ2) is 4.96. The average molecular weight is 264 g/mol. The minimum Gasteiger partial charge on any atom is -0.391 e. The molecule has 0 amide bonds. The highest BCUT2D eigenvalue weighted by molar-refractivity contribution is 5.59. The number of hydrogen-bond donors (Lipinski definition) is 2. The Morgan fingerprint density at radius 3 is 2.47 bits per heavy atom. The van der Waals surface area contributed by atoms with E-state index in [2.05, 4.69) is 36.0 Å². The Hall–Kier alpha value is -1.36. The Balaban J connectivity index is 2.47. The molecule has 1 aromatic heterocycles. The number of anilines is 2. The van der Waals surface area contributed by atoms with Gasteiger partial charge in [-0.3, -0.25) is 0 Å². The second-order valence-corrected chi connectivity index (χ2v) is 6.23. The second-order valence-electron chi connectivity index (χ2n) is 6.23.